The van der Waals surface area contributed by atoms with E-state index < -0.39 is 0 Å². The van der Waals surface area contributed by atoms with Gasteiger partial charge in [0.05, 0.1) is 12.3 Å². The van der Waals surface area contributed by atoms with Crippen LogP contribution in [0, 0.1) is 0 Å². The van der Waals surface area contributed by atoms with Gasteiger partial charge in [-0.05, 0) is 36.6 Å². The first-order valence-corrected chi connectivity index (χ1v) is 6.30. The molecule has 0 fully saturated rings. The summed E-state index contributed by atoms with van der Waals surface area (Å²) in [5.41, 5.74) is 2.47. The SMILES string of the molecule is O=C(Nc1cccc2c1OCCC2)c1ccncc1. The minimum absolute atomic E-state index is 0.148. The molecule has 4 nitrogen and oxygen atoms in total. The van der Waals surface area contributed by atoms with E-state index in [0.29, 0.717) is 12.2 Å². The van der Waals surface area contributed by atoms with Crippen LogP contribution in [0.1, 0.15) is 22.3 Å². The Labute approximate surface area is 111 Å². The molecule has 19 heavy (non-hydrogen) atoms. The number of aryl methyl sites for hydroxylation is 1. The van der Waals surface area contributed by atoms with Crippen LogP contribution in [-0.2, 0) is 6.42 Å². The number of nitrogens with one attached hydrogen (secondary N) is 1. The van der Waals surface area contributed by atoms with Gasteiger partial charge in [0.25, 0.3) is 5.91 Å². The molecule has 0 atom stereocenters. The molecule has 96 valence electrons. The molecule has 1 aromatic heterocycles. The van der Waals surface area contributed by atoms with Crippen LogP contribution in [0.2, 0.25) is 0 Å². The smallest absolute Gasteiger partial charge is 0.255 e. The second-order valence-corrected chi connectivity index (χ2v) is 4.44. The van der Waals surface area contributed by atoms with Crippen molar-refractivity contribution >= 4 is 11.6 Å². The highest BCUT2D eigenvalue weighted by atomic mass is 16.5. The van der Waals surface area contributed by atoms with Gasteiger partial charge in [0.2, 0.25) is 0 Å². The lowest BCUT2D eigenvalue weighted by atomic mass is 10.1. The predicted molar refractivity (Wildman–Crippen MR) is 72.4 cm³/mol. The Morgan fingerprint density at radius 1 is 1.21 bits per heavy atom. The van der Waals surface area contributed by atoms with Crippen molar-refractivity contribution in [3.8, 4) is 5.75 Å². The summed E-state index contributed by atoms with van der Waals surface area (Å²) in [5, 5.41) is 2.89. The summed E-state index contributed by atoms with van der Waals surface area (Å²) in [4.78, 5) is 16.0. The number of nitrogens with zero attached hydrogens (tertiary/aromatic N) is 1. The number of fused-ring (bicyclic) bond motifs is 1. The molecule has 0 unspecified atom stereocenters. The molecule has 4 heteroatoms. The summed E-state index contributed by atoms with van der Waals surface area (Å²) >= 11 is 0. The van der Waals surface area contributed by atoms with Gasteiger partial charge >= 0.3 is 0 Å². The van der Waals surface area contributed by atoms with Crippen LogP contribution < -0.4 is 10.1 Å². The number of ether oxygens (including phenoxy) is 1. The molecule has 0 aliphatic carbocycles. The zero-order valence-electron chi connectivity index (χ0n) is 10.4. The van der Waals surface area contributed by atoms with Crippen molar-refractivity contribution in [1.82, 2.24) is 4.98 Å². The van der Waals surface area contributed by atoms with Crippen LogP contribution in [0.5, 0.6) is 5.75 Å². The Bertz CT molecular complexity index is 596. The average Bonchev–Trinajstić information content (AvgIpc) is 2.48. The lowest BCUT2D eigenvalue weighted by molar-refractivity contribution is 0.102. The Morgan fingerprint density at radius 3 is 2.89 bits per heavy atom. The third-order valence-electron chi connectivity index (χ3n) is 3.12. The first kappa shape index (κ1) is 11.7. The fraction of sp³-hybridized carbons (Fsp3) is 0.200. The Hall–Kier alpha value is -2.36. The zero-order valence-corrected chi connectivity index (χ0v) is 10.4. The molecule has 1 aliphatic heterocycles. The normalized spacial score (nSPS) is 13.3. The summed E-state index contributed by atoms with van der Waals surface area (Å²) in [6.45, 7) is 0.704. The first-order valence-electron chi connectivity index (χ1n) is 6.30. The van der Waals surface area contributed by atoms with E-state index in [1.54, 1.807) is 24.5 Å². The second-order valence-electron chi connectivity index (χ2n) is 4.44. The van der Waals surface area contributed by atoms with Gasteiger partial charge in [-0.1, -0.05) is 12.1 Å². The van der Waals surface area contributed by atoms with Crippen molar-refractivity contribution < 1.29 is 9.53 Å². The summed E-state index contributed by atoms with van der Waals surface area (Å²) in [6, 6.07) is 9.21. The molecule has 1 aliphatic rings. The lowest BCUT2D eigenvalue weighted by Gasteiger charge is -2.20. The molecule has 0 spiro atoms. The van der Waals surface area contributed by atoms with Crippen molar-refractivity contribution in [2.45, 2.75) is 12.8 Å². The molecular weight excluding hydrogens is 240 g/mol. The molecule has 2 aromatic rings. The van der Waals surface area contributed by atoms with Gasteiger partial charge in [0, 0.05) is 18.0 Å². The summed E-state index contributed by atoms with van der Waals surface area (Å²) in [6.07, 6.45) is 5.22. The zero-order chi connectivity index (χ0) is 13.1. The number of hydrogen-bond acceptors (Lipinski definition) is 3. The Balaban J connectivity index is 1.86. The van der Waals surface area contributed by atoms with Crippen LogP contribution in [0.3, 0.4) is 0 Å². The van der Waals surface area contributed by atoms with E-state index in [1.165, 1.54) is 0 Å². The number of hydrogen-bond donors (Lipinski definition) is 1. The lowest BCUT2D eigenvalue weighted by Crippen LogP contribution is -2.15. The molecular formula is C15H14N2O2. The van der Waals surface area contributed by atoms with Gasteiger partial charge in [0.15, 0.2) is 0 Å². The number of para-hydroxylation sites is 1. The third-order valence-corrected chi connectivity index (χ3v) is 3.12. The summed E-state index contributed by atoms with van der Waals surface area (Å²) < 4.78 is 5.66. The van der Waals surface area contributed by atoms with Crippen molar-refractivity contribution in [3.05, 3.63) is 53.9 Å². The minimum Gasteiger partial charge on any atom is -0.491 e. The van der Waals surface area contributed by atoms with Crippen LogP contribution in [0.4, 0.5) is 5.69 Å². The number of carbonyl (C=O) groups is 1. The number of amides is 1. The number of carbonyl (C=O) groups excluding carboxylic acids is 1. The van der Waals surface area contributed by atoms with Gasteiger partial charge in [-0.15, -0.1) is 0 Å². The average molecular weight is 254 g/mol. The number of benzene rings is 1. The highest BCUT2D eigenvalue weighted by Crippen LogP contribution is 2.33. The van der Waals surface area contributed by atoms with Gasteiger partial charge in [0.1, 0.15) is 5.75 Å². The summed E-state index contributed by atoms with van der Waals surface area (Å²) in [7, 11) is 0. The van der Waals surface area contributed by atoms with E-state index >= 15 is 0 Å². The molecule has 0 bridgehead atoms. The van der Waals surface area contributed by atoms with Crippen molar-refractivity contribution in [3.63, 3.8) is 0 Å². The van der Waals surface area contributed by atoms with E-state index in [4.69, 9.17) is 4.74 Å². The molecule has 1 N–H and O–H groups in total. The standard InChI is InChI=1S/C15H14N2O2/c18-15(12-6-8-16-9-7-12)17-13-5-1-3-11-4-2-10-19-14(11)13/h1,3,5-9H,2,4,10H2,(H,17,18). The van der Waals surface area contributed by atoms with Gasteiger partial charge < -0.3 is 10.1 Å². The van der Waals surface area contributed by atoms with Crippen molar-refractivity contribution in [2.75, 3.05) is 11.9 Å². The molecule has 1 amide bonds. The summed E-state index contributed by atoms with van der Waals surface area (Å²) in [5.74, 6) is 0.654. The second kappa shape index (κ2) is 5.10. The molecule has 1 aromatic carbocycles. The molecule has 0 saturated heterocycles. The fourth-order valence-corrected chi connectivity index (χ4v) is 2.19. The topological polar surface area (TPSA) is 51.2 Å². The van der Waals surface area contributed by atoms with Crippen LogP contribution in [0.15, 0.2) is 42.7 Å². The van der Waals surface area contributed by atoms with E-state index in [1.807, 2.05) is 18.2 Å². The number of pyridine rings is 1. The number of anilines is 1. The molecule has 2 heterocycles. The van der Waals surface area contributed by atoms with Crippen LogP contribution in [-0.4, -0.2) is 17.5 Å². The highest BCUT2D eigenvalue weighted by Gasteiger charge is 2.16. The minimum atomic E-state index is -0.148. The third kappa shape index (κ3) is 2.42. The first-order chi connectivity index (χ1) is 9.34. The van der Waals surface area contributed by atoms with Crippen LogP contribution in [0.25, 0.3) is 0 Å². The van der Waals surface area contributed by atoms with E-state index in [0.717, 1.165) is 29.8 Å². The monoisotopic (exact) mass is 254 g/mol. The number of aromatic nitrogens is 1. The van der Waals surface area contributed by atoms with Gasteiger partial charge in [-0.25, -0.2) is 0 Å². The molecule has 3 rings (SSSR count). The van der Waals surface area contributed by atoms with E-state index in [9.17, 15) is 4.79 Å². The van der Waals surface area contributed by atoms with Crippen molar-refractivity contribution in [2.24, 2.45) is 0 Å². The van der Waals surface area contributed by atoms with E-state index in [2.05, 4.69) is 10.3 Å². The largest absolute Gasteiger partial charge is 0.491 e. The highest BCUT2D eigenvalue weighted by molar-refractivity contribution is 6.05. The predicted octanol–water partition coefficient (Wildman–Crippen LogP) is 2.66. The van der Waals surface area contributed by atoms with Crippen LogP contribution >= 0.6 is 0 Å². The number of rotatable bonds is 2. The Morgan fingerprint density at radius 2 is 2.05 bits per heavy atom. The van der Waals surface area contributed by atoms with Gasteiger partial charge in [-0.3, -0.25) is 9.78 Å². The maximum Gasteiger partial charge on any atom is 0.255 e. The van der Waals surface area contributed by atoms with Gasteiger partial charge in [-0.2, -0.15) is 0 Å². The fourth-order valence-electron chi connectivity index (χ4n) is 2.19. The van der Waals surface area contributed by atoms with Crippen molar-refractivity contribution in [1.29, 1.82) is 0 Å². The maximum atomic E-state index is 12.1. The molecule has 0 saturated carbocycles. The van der Waals surface area contributed by atoms with E-state index in [-0.39, 0.29) is 5.91 Å². The quantitative estimate of drug-likeness (QED) is 0.896. The molecule has 0 radical (unpaired) electrons. The maximum absolute atomic E-state index is 12.1. The Kier molecular flexibility index (Phi) is 3.14.